The lowest BCUT2D eigenvalue weighted by molar-refractivity contribution is 0.446. The molecule has 0 unspecified atom stereocenters. The van der Waals surface area contributed by atoms with Crippen LogP contribution in [0.2, 0.25) is 0 Å². The molecule has 1 saturated carbocycles. The van der Waals surface area contributed by atoms with E-state index in [4.69, 9.17) is 5.73 Å². The van der Waals surface area contributed by atoms with Gasteiger partial charge in [0.15, 0.2) is 5.96 Å². The van der Waals surface area contributed by atoms with Crippen molar-refractivity contribution in [2.75, 3.05) is 31.1 Å². The second kappa shape index (κ2) is 4.64. The van der Waals surface area contributed by atoms with E-state index in [1.54, 1.807) is 0 Å². The Kier molecular flexibility index (Phi) is 3.44. The predicted molar refractivity (Wildman–Crippen MR) is 67.3 cm³/mol. The van der Waals surface area contributed by atoms with E-state index in [9.17, 15) is 0 Å². The van der Waals surface area contributed by atoms with Crippen LogP contribution in [0.4, 0.5) is 0 Å². The van der Waals surface area contributed by atoms with Gasteiger partial charge < -0.3 is 10.6 Å². The number of nitrogens with zero attached hydrogens (tertiary/aromatic N) is 2. The van der Waals surface area contributed by atoms with Crippen molar-refractivity contribution in [3.8, 4) is 0 Å². The number of aliphatic imine (C=N–C) groups is 1. The lowest BCUT2D eigenvalue weighted by Gasteiger charge is -2.27. The van der Waals surface area contributed by atoms with Crippen molar-refractivity contribution >= 4 is 17.7 Å². The molecule has 0 bridgehead atoms. The lowest BCUT2D eigenvalue weighted by atomic mass is 10.1. The van der Waals surface area contributed by atoms with Gasteiger partial charge in [-0.15, -0.1) is 0 Å². The summed E-state index contributed by atoms with van der Waals surface area (Å²) in [5, 5.41) is 0. The number of hydrogen-bond acceptors (Lipinski definition) is 2. The Morgan fingerprint density at radius 2 is 2.07 bits per heavy atom. The van der Waals surface area contributed by atoms with Crippen molar-refractivity contribution in [2.24, 2.45) is 16.1 Å². The fourth-order valence-electron chi connectivity index (χ4n) is 1.94. The summed E-state index contributed by atoms with van der Waals surface area (Å²) in [6.07, 6.45) is 3.94. The number of hydrogen-bond donors (Lipinski definition) is 1. The first kappa shape index (κ1) is 11.1. The Bertz CT molecular complexity index is 242. The van der Waals surface area contributed by atoms with Gasteiger partial charge in [0.25, 0.3) is 0 Å². The van der Waals surface area contributed by atoms with Gasteiger partial charge in [0.2, 0.25) is 0 Å². The van der Waals surface area contributed by atoms with Crippen LogP contribution in [0.1, 0.15) is 26.2 Å². The average Bonchev–Trinajstić information content (AvgIpc) is 3.08. The van der Waals surface area contributed by atoms with Gasteiger partial charge in [0, 0.05) is 31.1 Å². The van der Waals surface area contributed by atoms with Gasteiger partial charge in [-0.2, -0.15) is 11.8 Å². The van der Waals surface area contributed by atoms with Crippen LogP contribution in [0.3, 0.4) is 0 Å². The Morgan fingerprint density at radius 3 is 2.60 bits per heavy atom. The van der Waals surface area contributed by atoms with Crippen molar-refractivity contribution < 1.29 is 0 Å². The summed E-state index contributed by atoms with van der Waals surface area (Å²) in [5.74, 6) is 3.15. The standard InChI is InChI=1S/C11H21N3S/c1-2-11(3-4-11)9-13-10(12)14-5-7-15-8-6-14/h2-9H2,1H3,(H2,12,13). The summed E-state index contributed by atoms with van der Waals surface area (Å²) in [4.78, 5) is 6.79. The van der Waals surface area contributed by atoms with Crippen molar-refractivity contribution in [3.63, 3.8) is 0 Å². The third-order valence-electron chi connectivity index (χ3n) is 3.62. The summed E-state index contributed by atoms with van der Waals surface area (Å²) in [6, 6.07) is 0. The van der Waals surface area contributed by atoms with Gasteiger partial charge in [-0.1, -0.05) is 6.92 Å². The summed E-state index contributed by atoms with van der Waals surface area (Å²) >= 11 is 2.00. The highest BCUT2D eigenvalue weighted by atomic mass is 32.2. The molecule has 1 aliphatic heterocycles. The fraction of sp³-hybridized carbons (Fsp3) is 0.909. The monoisotopic (exact) mass is 227 g/mol. The smallest absolute Gasteiger partial charge is 0.191 e. The van der Waals surface area contributed by atoms with Crippen LogP contribution in [0, 0.1) is 5.41 Å². The minimum atomic E-state index is 0.523. The highest BCUT2D eigenvalue weighted by Gasteiger charge is 2.40. The van der Waals surface area contributed by atoms with E-state index in [0.29, 0.717) is 5.41 Å². The van der Waals surface area contributed by atoms with E-state index < -0.39 is 0 Å². The second-order valence-electron chi connectivity index (χ2n) is 4.63. The van der Waals surface area contributed by atoms with E-state index in [0.717, 1.165) is 25.6 Å². The Hall–Kier alpha value is -0.380. The number of rotatable bonds is 3. The van der Waals surface area contributed by atoms with Crippen molar-refractivity contribution in [3.05, 3.63) is 0 Å². The van der Waals surface area contributed by atoms with Gasteiger partial charge in [-0.3, -0.25) is 4.99 Å². The van der Waals surface area contributed by atoms with E-state index in [1.807, 2.05) is 11.8 Å². The van der Waals surface area contributed by atoms with Crippen LogP contribution in [0.15, 0.2) is 4.99 Å². The lowest BCUT2D eigenvalue weighted by Crippen LogP contribution is -2.43. The number of thioether (sulfide) groups is 1. The highest BCUT2D eigenvalue weighted by Crippen LogP contribution is 2.48. The van der Waals surface area contributed by atoms with Gasteiger partial charge in [-0.25, -0.2) is 0 Å². The average molecular weight is 227 g/mol. The summed E-state index contributed by atoms with van der Waals surface area (Å²) < 4.78 is 0. The predicted octanol–water partition coefficient (Wildman–Crippen LogP) is 1.54. The maximum absolute atomic E-state index is 6.00. The highest BCUT2D eigenvalue weighted by molar-refractivity contribution is 7.99. The maximum Gasteiger partial charge on any atom is 0.191 e. The molecule has 0 spiro atoms. The molecule has 2 rings (SSSR count). The third-order valence-corrected chi connectivity index (χ3v) is 4.56. The molecule has 4 heteroatoms. The molecule has 15 heavy (non-hydrogen) atoms. The largest absolute Gasteiger partial charge is 0.370 e. The SMILES string of the molecule is CCC1(CN=C(N)N2CCSCC2)CC1. The van der Waals surface area contributed by atoms with E-state index >= 15 is 0 Å². The first-order valence-electron chi connectivity index (χ1n) is 5.88. The molecule has 1 aliphatic carbocycles. The summed E-state index contributed by atoms with van der Waals surface area (Å²) in [5.41, 5.74) is 6.53. The summed E-state index contributed by atoms with van der Waals surface area (Å²) in [7, 11) is 0. The van der Waals surface area contributed by atoms with Crippen LogP contribution in [-0.2, 0) is 0 Å². The van der Waals surface area contributed by atoms with E-state index in [-0.39, 0.29) is 0 Å². The maximum atomic E-state index is 6.00. The minimum Gasteiger partial charge on any atom is -0.370 e. The second-order valence-corrected chi connectivity index (χ2v) is 5.85. The minimum absolute atomic E-state index is 0.523. The molecule has 0 atom stereocenters. The molecule has 0 aromatic rings. The number of guanidine groups is 1. The molecule has 2 N–H and O–H groups in total. The zero-order chi connectivity index (χ0) is 10.7. The molecule has 2 fully saturated rings. The van der Waals surface area contributed by atoms with Gasteiger partial charge in [-0.05, 0) is 24.7 Å². The molecule has 1 heterocycles. The van der Waals surface area contributed by atoms with Crippen molar-refractivity contribution in [1.82, 2.24) is 4.90 Å². The molecular weight excluding hydrogens is 206 g/mol. The van der Waals surface area contributed by atoms with Gasteiger partial charge >= 0.3 is 0 Å². The van der Waals surface area contributed by atoms with Gasteiger partial charge in [0.1, 0.15) is 0 Å². The Labute approximate surface area is 96.5 Å². The molecule has 2 aliphatic rings. The normalized spacial score (nSPS) is 25.4. The molecule has 3 nitrogen and oxygen atoms in total. The van der Waals surface area contributed by atoms with Crippen LogP contribution < -0.4 is 5.73 Å². The van der Waals surface area contributed by atoms with Crippen LogP contribution in [0.25, 0.3) is 0 Å². The fourth-order valence-corrected chi connectivity index (χ4v) is 2.84. The van der Waals surface area contributed by atoms with Crippen molar-refractivity contribution in [1.29, 1.82) is 0 Å². The molecule has 0 radical (unpaired) electrons. The molecular formula is C11H21N3S. The van der Waals surface area contributed by atoms with Gasteiger partial charge in [0.05, 0.1) is 0 Å². The quantitative estimate of drug-likeness (QED) is 0.587. The van der Waals surface area contributed by atoms with E-state index in [2.05, 4.69) is 16.8 Å². The zero-order valence-electron chi connectivity index (χ0n) is 9.54. The van der Waals surface area contributed by atoms with Crippen LogP contribution in [0.5, 0.6) is 0 Å². The van der Waals surface area contributed by atoms with E-state index in [1.165, 1.54) is 30.8 Å². The van der Waals surface area contributed by atoms with Crippen LogP contribution in [-0.4, -0.2) is 42.0 Å². The zero-order valence-corrected chi connectivity index (χ0v) is 10.4. The molecule has 0 aromatic heterocycles. The summed E-state index contributed by atoms with van der Waals surface area (Å²) in [6.45, 7) is 5.34. The number of nitrogens with two attached hydrogens (primary N) is 1. The molecule has 86 valence electrons. The topological polar surface area (TPSA) is 41.6 Å². The first-order chi connectivity index (χ1) is 7.26. The molecule has 0 amide bonds. The Balaban J connectivity index is 1.83. The van der Waals surface area contributed by atoms with Crippen molar-refractivity contribution in [2.45, 2.75) is 26.2 Å². The Morgan fingerprint density at radius 1 is 1.40 bits per heavy atom. The third kappa shape index (κ3) is 2.80. The molecule has 0 aromatic carbocycles. The van der Waals surface area contributed by atoms with Crippen LogP contribution >= 0.6 is 11.8 Å². The molecule has 1 saturated heterocycles. The first-order valence-corrected chi connectivity index (χ1v) is 7.04.